The number of hydrogen-bond donors (Lipinski definition) is 3. The molecule has 0 spiro atoms. The highest BCUT2D eigenvalue weighted by Gasteiger charge is 2.37. The highest BCUT2D eigenvalue weighted by molar-refractivity contribution is 7.89. The second-order valence-corrected chi connectivity index (χ2v) is 10.8. The SMILES string of the molecule is NS(=O)(=O)c1cccc(NC(=S)NN=C2C(=O)N(Cc3cccc4ccccc34)c3ccc(OC(F)(F)F)cc32)c1. The number of nitrogens with two attached hydrogens (primary N) is 1. The van der Waals surface area contributed by atoms with E-state index in [2.05, 4.69) is 20.6 Å². The molecule has 0 unspecified atom stereocenters. The van der Waals surface area contributed by atoms with Crippen LogP contribution in [0.15, 0.2) is 94.9 Å². The standard InChI is InChI=1S/C27H20F3N5O4S2/c28-27(29,30)39-19-11-12-23-22(14-19)24(33-34-26(40)32-18-8-4-9-20(13-18)41(31,37)38)25(36)35(23)15-17-7-3-6-16-5-1-2-10-21(16)17/h1-14H,15H2,(H2,31,37,38)(H2,32,34,40). The Balaban J connectivity index is 1.46. The van der Waals surface area contributed by atoms with Crippen LogP contribution in [0.4, 0.5) is 24.5 Å². The number of nitrogens with one attached hydrogen (secondary N) is 2. The van der Waals surface area contributed by atoms with Crippen molar-refractivity contribution in [3.8, 4) is 5.75 Å². The number of carbonyl (C=O) groups excluding carboxylic acids is 1. The van der Waals surface area contributed by atoms with E-state index in [1.165, 1.54) is 35.2 Å². The molecular formula is C27H20F3N5O4S2. The zero-order chi connectivity index (χ0) is 29.4. The van der Waals surface area contributed by atoms with Crippen LogP contribution in [0.2, 0.25) is 0 Å². The van der Waals surface area contributed by atoms with Gasteiger partial charge in [-0.15, -0.1) is 13.2 Å². The van der Waals surface area contributed by atoms with Gasteiger partial charge >= 0.3 is 6.36 Å². The second kappa shape index (κ2) is 10.8. The van der Waals surface area contributed by atoms with E-state index >= 15 is 0 Å². The number of nitrogens with zero attached hydrogens (tertiary/aromatic N) is 2. The molecule has 4 aromatic carbocycles. The molecule has 1 heterocycles. The van der Waals surface area contributed by atoms with E-state index in [-0.39, 0.29) is 33.5 Å². The third-order valence-corrected chi connectivity index (χ3v) is 7.20. The first-order chi connectivity index (χ1) is 19.4. The first-order valence-electron chi connectivity index (χ1n) is 11.9. The minimum atomic E-state index is -4.94. The number of primary sulfonamides is 1. The van der Waals surface area contributed by atoms with Gasteiger partial charge in [0, 0.05) is 11.3 Å². The summed E-state index contributed by atoms with van der Waals surface area (Å²) in [6.07, 6.45) is -4.94. The van der Waals surface area contributed by atoms with E-state index in [9.17, 15) is 26.4 Å². The predicted molar refractivity (Wildman–Crippen MR) is 152 cm³/mol. The molecule has 14 heteroatoms. The number of alkyl halides is 3. The summed E-state index contributed by atoms with van der Waals surface area (Å²) in [5.41, 5.74) is 3.82. The van der Waals surface area contributed by atoms with E-state index in [1.807, 2.05) is 42.5 Å². The average molecular weight is 600 g/mol. The molecule has 1 aliphatic heterocycles. The van der Waals surface area contributed by atoms with Crippen LogP contribution in [0.1, 0.15) is 11.1 Å². The number of anilines is 2. The molecule has 0 saturated heterocycles. The summed E-state index contributed by atoms with van der Waals surface area (Å²) in [5.74, 6) is -1.10. The predicted octanol–water partition coefficient (Wildman–Crippen LogP) is 4.62. The maximum atomic E-state index is 13.6. The Hall–Kier alpha value is -4.53. The first-order valence-corrected chi connectivity index (χ1v) is 13.8. The molecule has 4 N–H and O–H groups in total. The summed E-state index contributed by atoms with van der Waals surface area (Å²) >= 11 is 5.22. The minimum Gasteiger partial charge on any atom is -0.406 e. The molecule has 210 valence electrons. The zero-order valence-corrected chi connectivity index (χ0v) is 22.5. The summed E-state index contributed by atoms with van der Waals surface area (Å²) in [6, 6.07) is 22.3. The fraction of sp³-hybridized carbons (Fsp3) is 0.0741. The third kappa shape index (κ3) is 6.29. The van der Waals surface area contributed by atoms with Crippen LogP contribution >= 0.6 is 12.2 Å². The lowest BCUT2D eigenvalue weighted by Gasteiger charge is -2.18. The van der Waals surface area contributed by atoms with E-state index in [4.69, 9.17) is 17.4 Å². The fourth-order valence-corrected chi connectivity index (χ4v) is 5.10. The van der Waals surface area contributed by atoms with Crippen LogP contribution in [0.5, 0.6) is 5.75 Å². The molecule has 0 aliphatic carbocycles. The van der Waals surface area contributed by atoms with Gasteiger partial charge in [0.2, 0.25) is 10.0 Å². The third-order valence-electron chi connectivity index (χ3n) is 6.09. The van der Waals surface area contributed by atoms with Crippen molar-refractivity contribution < 1.29 is 31.1 Å². The van der Waals surface area contributed by atoms with Crippen molar-refractivity contribution in [1.29, 1.82) is 0 Å². The molecule has 0 fully saturated rings. The number of benzene rings is 4. The Morgan fingerprint density at radius 2 is 1.73 bits per heavy atom. The molecule has 0 bridgehead atoms. The lowest BCUT2D eigenvalue weighted by Crippen LogP contribution is -2.32. The lowest BCUT2D eigenvalue weighted by atomic mass is 10.0. The number of halogens is 3. The monoisotopic (exact) mass is 599 g/mol. The van der Waals surface area contributed by atoms with Crippen molar-refractivity contribution >= 4 is 61.1 Å². The number of hydrogen-bond acceptors (Lipinski definition) is 6. The number of fused-ring (bicyclic) bond motifs is 2. The van der Waals surface area contributed by atoms with Gasteiger partial charge in [-0.25, -0.2) is 13.6 Å². The molecule has 9 nitrogen and oxygen atoms in total. The molecule has 0 saturated carbocycles. The normalized spacial score (nSPS) is 14.3. The molecule has 1 aliphatic rings. The van der Waals surface area contributed by atoms with Crippen molar-refractivity contribution in [3.05, 3.63) is 96.1 Å². The van der Waals surface area contributed by atoms with Crippen molar-refractivity contribution in [2.75, 3.05) is 10.2 Å². The lowest BCUT2D eigenvalue weighted by molar-refractivity contribution is -0.274. The quantitative estimate of drug-likeness (QED) is 0.218. The number of rotatable bonds is 6. The van der Waals surface area contributed by atoms with Gasteiger partial charge in [-0.05, 0) is 65.0 Å². The number of thiocarbonyl (C=S) groups is 1. The number of ether oxygens (including phenoxy) is 1. The summed E-state index contributed by atoms with van der Waals surface area (Å²) in [6.45, 7) is 0.120. The Morgan fingerprint density at radius 1 is 1.00 bits per heavy atom. The van der Waals surface area contributed by atoms with Gasteiger partial charge < -0.3 is 15.0 Å². The topological polar surface area (TPSA) is 126 Å². The molecule has 4 aromatic rings. The molecule has 0 radical (unpaired) electrons. The van der Waals surface area contributed by atoms with Crippen molar-refractivity contribution in [2.45, 2.75) is 17.8 Å². The summed E-state index contributed by atoms with van der Waals surface area (Å²) in [4.78, 5) is 14.8. The van der Waals surface area contributed by atoms with Crippen LogP contribution in [0.25, 0.3) is 10.8 Å². The van der Waals surface area contributed by atoms with Crippen molar-refractivity contribution in [1.82, 2.24) is 5.43 Å². The van der Waals surface area contributed by atoms with Gasteiger partial charge in [-0.2, -0.15) is 5.10 Å². The number of amides is 1. The van der Waals surface area contributed by atoms with E-state index in [0.29, 0.717) is 5.69 Å². The van der Waals surface area contributed by atoms with E-state index < -0.39 is 28.0 Å². The highest BCUT2D eigenvalue weighted by atomic mass is 32.2. The van der Waals surface area contributed by atoms with Crippen LogP contribution in [0, 0.1) is 0 Å². The molecular weight excluding hydrogens is 579 g/mol. The van der Waals surface area contributed by atoms with E-state index in [0.717, 1.165) is 28.5 Å². The van der Waals surface area contributed by atoms with Gasteiger partial charge in [-0.3, -0.25) is 10.2 Å². The number of sulfonamides is 1. The summed E-state index contributed by atoms with van der Waals surface area (Å²) in [5, 5.41) is 13.7. The average Bonchev–Trinajstić information content (AvgIpc) is 3.16. The van der Waals surface area contributed by atoms with Crippen LogP contribution < -0.4 is 25.5 Å². The largest absolute Gasteiger partial charge is 0.573 e. The number of carbonyl (C=O) groups is 1. The maximum Gasteiger partial charge on any atom is 0.573 e. The Morgan fingerprint density at radius 3 is 2.49 bits per heavy atom. The smallest absolute Gasteiger partial charge is 0.406 e. The van der Waals surface area contributed by atoms with Crippen LogP contribution in [-0.2, 0) is 21.4 Å². The molecule has 1 amide bonds. The summed E-state index contributed by atoms with van der Waals surface area (Å²) < 4.78 is 66.1. The van der Waals surface area contributed by atoms with E-state index in [1.54, 1.807) is 0 Å². The Kier molecular flexibility index (Phi) is 7.38. The highest BCUT2D eigenvalue weighted by Crippen LogP contribution is 2.36. The molecule has 41 heavy (non-hydrogen) atoms. The van der Waals surface area contributed by atoms with Gasteiger partial charge in [0.15, 0.2) is 10.8 Å². The molecule has 0 aromatic heterocycles. The Labute approximate surface area is 237 Å². The second-order valence-electron chi connectivity index (χ2n) is 8.86. The minimum absolute atomic E-state index is 0.100. The Bertz CT molecular complexity index is 1820. The van der Waals surface area contributed by atoms with Gasteiger partial charge in [0.1, 0.15) is 5.75 Å². The van der Waals surface area contributed by atoms with Gasteiger partial charge in [0.25, 0.3) is 5.91 Å². The zero-order valence-electron chi connectivity index (χ0n) is 20.8. The number of hydrazone groups is 1. The van der Waals surface area contributed by atoms with Gasteiger partial charge in [0.05, 0.1) is 17.1 Å². The summed E-state index contributed by atoms with van der Waals surface area (Å²) in [7, 11) is -3.96. The van der Waals surface area contributed by atoms with Gasteiger partial charge in [-0.1, -0.05) is 48.5 Å². The first kappa shape index (κ1) is 28.0. The van der Waals surface area contributed by atoms with Crippen LogP contribution in [0.3, 0.4) is 0 Å². The molecule has 0 atom stereocenters. The maximum absolute atomic E-state index is 13.6. The van der Waals surface area contributed by atoms with Crippen molar-refractivity contribution in [3.63, 3.8) is 0 Å². The van der Waals surface area contributed by atoms with Crippen molar-refractivity contribution in [2.24, 2.45) is 10.2 Å². The molecule has 5 rings (SSSR count). The van der Waals surface area contributed by atoms with Crippen LogP contribution in [-0.4, -0.2) is 31.5 Å². The fourth-order valence-electron chi connectivity index (χ4n) is 4.37.